The van der Waals surface area contributed by atoms with Crippen molar-refractivity contribution in [2.24, 2.45) is 0 Å². The van der Waals surface area contributed by atoms with E-state index < -0.39 is 0 Å². The molecule has 122 valence electrons. The summed E-state index contributed by atoms with van der Waals surface area (Å²) >= 11 is 0. The number of hydrogen-bond acceptors (Lipinski definition) is 1. The SMILES string of the molecule is CCCCCCCCC(/C=C/c1ccccc1)N1CCCC1. The van der Waals surface area contributed by atoms with Gasteiger partial charge in [-0.25, -0.2) is 0 Å². The second-order valence-corrected chi connectivity index (χ2v) is 6.64. The van der Waals surface area contributed by atoms with Crippen LogP contribution in [0.25, 0.3) is 6.08 Å². The zero-order valence-electron chi connectivity index (χ0n) is 14.3. The van der Waals surface area contributed by atoms with Crippen LogP contribution in [-0.2, 0) is 0 Å². The van der Waals surface area contributed by atoms with Crippen LogP contribution >= 0.6 is 0 Å². The van der Waals surface area contributed by atoms with E-state index in [0.29, 0.717) is 6.04 Å². The third-order valence-electron chi connectivity index (χ3n) is 4.77. The van der Waals surface area contributed by atoms with E-state index in [0.717, 1.165) is 0 Å². The molecule has 0 saturated carbocycles. The summed E-state index contributed by atoms with van der Waals surface area (Å²) in [4.78, 5) is 2.69. The molecule has 1 heterocycles. The van der Waals surface area contributed by atoms with Gasteiger partial charge in [-0.1, -0.05) is 87.9 Å². The van der Waals surface area contributed by atoms with Crippen molar-refractivity contribution >= 4 is 6.08 Å². The van der Waals surface area contributed by atoms with Crippen molar-refractivity contribution in [2.45, 2.75) is 70.8 Å². The lowest BCUT2D eigenvalue weighted by Crippen LogP contribution is -2.30. The topological polar surface area (TPSA) is 3.24 Å². The van der Waals surface area contributed by atoms with Gasteiger partial charge in [0.15, 0.2) is 0 Å². The Hall–Kier alpha value is -1.08. The molecular formula is C21H33N. The monoisotopic (exact) mass is 299 g/mol. The quantitative estimate of drug-likeness (QED) is 0.485. The highest BCUT2D eigenvalue weighted by atomic mass is 15.2. The number of unbranched alkanes of at least 4 members (excludes halogenated alkanes) is 5. The van der Waals surface area contributed by atoms with E-state index in [9.17, 15) is 0 Å². The minimum atomic E-state index is 0.647. The van der Waals surface area contributed by atoms with Crippen LogP contribution in [0.4, 0.5) is 0 Å². The van der Waals surface area contributed by atoms with Crippen molar-refractivity contribution in [3.05, 3.63) is 42.0 Å². The van der Waals surface area contributed by atoms with E-state index >= 15 is 0 Å². The number of hydrogen-bond donors (Lipinski definition) is 0. The summed E-state index contributed by atoms with van der Waals surface area (Å²) in [5.74, 6) is 0. The van der Waals surface area contributed by atoms with Gasteiger partial charge in [-0.3, -0.25) is 4.90 Å². The van der Waals surface area contributed by atoms with Gasteiger partial charge >= 0.3 is 0 Å². The molecule has 1 unspecified atom stereocenters. The lowest BCUT2D eigenvalue weighted by atomic mass is 10.0. The molecule has 1 saturated heterocycles. The fourth-order valence-electron chi connectivity index (χ4n) is 3.39. The Morgan fingerprint density at radius 2 is 1.64 bits per heavy atom. The first kappa shape index (κ1) is 17.3. The molecule has 1 nitrogen and oxygen atoms in total. The molecule has 0 spiro atoms. The first-order valence-corrected chi connectivity index (χ1v) is 9.37. The molecule has 0 amide bonds. The first-order chi connectivity index (χ1) is 10.9. The average Bonchev–Trinajstić information content (AvgIpc) is 3.09. The van der Waals surface area contributed by atoms with Gasteiger partial charge in [-0.15, -0.1) is 0 Å². The van der Waals surface area contributed by atoms with Gasteiger partial charge in [0.1, 0.15) is 0 Å². The summed E-state index contributed by atoms with van der Waals surface area (Å²) in [6, 6.07) is 11.4. The molecular weight excluding hydrogens is 266 g/mol. The summed E-state index contributed by atoms with van der Waals surface area (Å²) in [5.41, 5.74) is 1.33. The Morgan fingerprint density at radius 3 is 2.36 bits per heavy atom. The van der Waals surface area contributed by atoms with Crippen molar-refractivity contribution in [1.82, 2.24) is 4.90 Å². The van der Waals surface area contributed by atoms with Crippen molar-refractivity contribution in [1.29, 1.82) is 0 Å². The van der Waals surface area contributed by atoms with E-state index in [4.69, 9.17) is 0 Å². The van der Waals surface area contributed by atoms with Gasteiger partial charge in [-0.05, 0) is 37.9 Å². The van der Waals surface area contributed by atoms with Crippen LogP contribution in [0.5, 0.6) is 0 Å². The highest BCUT2D eigenvalue weighted by molar-refractivity contribution is 5.49. The van der Waals surface area contributed by atoms with E-state index in [1.165, 1.54) is 76.4 Å². The Kier molecular flexibility index (Phi) is 8.33. The standard InChI is InChI=1S/C21H33N/c1-2-3-4-5-6-10-15-21(22-18-11-12-19-22)17-16-20-13-8-7-9-14-20/h7-9,13-14,16-17,21H,2-6,10-12,15,18-19H2,1H3/b17-16+. The summed E-state index contributed by atoms with van der Waals surface area (Å²) in [7, 11) is 0. The maximum atomic E-state index is 2.69. The second kappa shape index (κ2) is 10.6. The minimum absolute atomic E-state index is 0.647. The molecule has 22 heavy (non-hydrogen) atoms. The Balaban J connectivity index is 1.79. The molecule has 1 aliphatic heterocycles. The molecule has 2 rings (SSSR count). The number of benzene rings is 1. The van der Waals surface area contributed by atoms with Gasteiger partial charge < -0.3 is 0 Å². The van der Waals surface area contributed by atoms with E-state index in [1.54, 1.807) is 0 Å². The summed E-state index contributed by atoms with van der Waals surface area (Å²) < 4.78 is 0. The van der Waals surface area contributed by atoms with Crippen LogP contribution in [0.3, 0.4) is 0 Å². The molecule has 0 N–H and O–H groups in total. The van der Waals surface area contributed by atoms with Gasteiger partial charge in [-0.2, -0.15) is 0 Å². The van der Waals surface area contributed by atoms with Crippen molar-refractivity contribution in [3.8, 4) is 0 Å². The Bertz CT molecular complexity index is 403. The summed E-state index contributed by atoms with van der Waals surface area (Å²) in [5, 5.41) is 0. The fraction of sp³-hybridized carbons (Fsp3) is 0.619. The third kappa shape index (κ3) is 6.36. The molecule has 1 fully saturated rings. The highest BCUT2D eigenvalue weighted by Crippen LogP contribution is 2.19. The Labute approximate surface area is 137 Å². The number of likely N-dealkylation sites (tertiary alicyclic amines) is 1. The van der Waals surface area contributed by atoms with E-state index in [2.05, 4.69) is 54.3 Å². The van der Waals surface area contributed by atoms with Crippen LogP contribution < -0.4 is 0 Å². The van der Waals surface area contributed by atoms with Crippen LogP contribution in [0.2, 0.25) is 0 Å². The largest absolute Gasteiger partial charge is 0.297 e. The third-order valence-corrected chi connectivity index (χ3v) is 4.77. The lowest BCUT2D eigenvalue weighted by molar-refractivity contribution is 0.267. The van der Waals surface area contributed by atoms with Crippen LogP contribution in [0.1, 0.15) is 70.3 Å². The minimum Gasteiger partial charge on any atom is -0.297 e. The summed E-state index contributed by atoms with van der Waals surface area (Å²) in [6.07, 6.45) is 17.2. The number of nitrogens with zero attached hydrogens (tertiary/aromatic N) is 1. The molecule has 1 atom stereocenters. The van der Waals surface area contributed by atoms with Crippen LogP contribution in [0.15, 0.2) is 36.4 Å². The Morgan fingerprint density at radius 1 is 0.955 bits per heavy atom. The smallest absolute Gasteiger partial charge is 0.0281 e. The summed E-state index contributed by atoms with van der Waals surface area (Å²) in [6.45, 7) is 4.87. The van der Waals surface area contributed by atoms with Crippen LogP contribution in [0, 0.1) is 0 Å². The molecule has 1 heteroatoms. The molecule has 1 aromatic rings. The van der Waals surface area contributed by atoms with E-state index in [1.807, 2.05) is 0 Å². The molecule has 0 aliphatic carbocycles. The van der Waals surface area contributed by atoms with Crippen molar-refractivity contribution < 1.29 is 0 Å². The normalized spacial score (nSPS) is 17.3. The van der Waals surface area contributed by atoms with Crippen molar-refractivity contribution in [3.63, 3.8) is 0 Å². The second-order valence-electron chi connectivity index (χ2n) is 6.64. The fourth-order valence-corrected chi connectivity index (χ4v) is 3.39. The first-order valence-electron chi connectivity index (χ1n) is 9.37. The zero-order chi connectivity index (χ0) is 15.5. The predicted octanol–water partition coefficient (Wildman–Crippen LogP) is 5.91. The van der Waals surface area contributed by atoms with Gasteiger partial charge in [0.05, 0.1) is 0 Å². The number of rotatable bonds is 10. The molecule has 0 aromatic heterocycles. The maximum Gasteiger partial charge on any atom is 0.0281 e. The van der Waals surface area contributed by atoms with Crippen LogP contribution in [-0.4, -0.2) is 24.0 Å². The van der Waals surface area contributed by atoms with Crippen molar-refractivity contribution in [2.75, 3.05) is 13.1 Å². The molecule has 1 aromatic carbocycles. The van der Waals surface area contributed by atoms with Gasteiger partial charge in [0, 0.05) is 6.04 Å². The maximum absolute atomic E-state index is 2.69. The van der Waals surface area contributed by atoms with Gasteiger partial charge in [0.2, 0.25) is 0 Å². The van der Waals surface area contributed by atoms with Gasteiger partial charge in [0.25, 0.3) is 0 Å². The zero-order valence-corrected chi connectivity index (χ0v) is 14.3. The predicted molar refractivity (Wildman–Crippen MR) is 98.1 cm³/mol. The molecule has 0 radical (unpaired) electrons. The molecule has 0 bridgehead atoms. The van der Waals surface area contributed by atoms with E-state index in [-0.39, 0.29) is 0 Å². The molecule has 1 aliphatic rings. The average molecular weight is 300 g/mol. The highest BCUT2D eigenvalue weighted by Gasteiger charge is 2.19. The lowest BCUT2D eigenvalue weighted by Gasteiger charge is -2.24.